The number of methoxy groups -OCH3 is 1. The number of ether oxygens (including phenoxy) is 1. The fourth-order valence-corrected chi connectivity index (χ4v) is 4.89. The maximum Gasteiger partial charge on any atom is 0.300 e. The second-order valence-electron chi connectivity index (χ2n) is 8.95. The number of carbonyl (C=O) groups is 2. The number of anilines is 1. The van der Waals surface area contributed by atoms with Crippen molar-refractivity contribution in [3.05, 3.63) is 87.1 Å². The first kappa shape index (κ1) is 23.6. The van der Waals surface area contributed by atoms with Gasteiger partial charge in [-0.2, -0.15) is 0 Å². The molecule has 1 fully saturated rings. The van der Waals surface area contributed by atoms with Gasteiger partial charge in [0, 0.05) is 22.1 Å². The molecule has 1 N–H and O–H groups in total. The van der Waals surface area contributed by atoms with Crippen LogP contribution in [0.1, 0.15) is 42.8 Å². The Kier molecular flexibility index (Phi) is 6.03. The van der Waals surface area contributed by atoms with Gasteiger partial charge in [0.25, 0.3) is 11.7 Å². The molecule has 0 spiro atoms. The largest absolute Gasteiger partial charge is 0.507 e. The van der Waals surface area contributed by atoms with E-state index in [0.29, 0.717) is 22.3 Å². The minimum absolute atomic E-state index is 0.166. The van der Waals surface area contributed by atoms with Gasteiger partial charge in [-0.05, 0) is 47.2 Å². The molecule has 1 saturated heterocycles. The van der Waals surface area contributed by atoms with E-state index in [1.165, 1.54) is 11.3 Å². The summed E-state index contributed by atoms with van der Waals surface area (Å²) in [6.07, 6.45) is 0. The average molecular weight is 484 g/mol. The normalized spacial score (nSPS) is 17.9. The number of Topliss-reactive ketones (excluding diaryl/α,β-unsaturated/α-hetero) is 1. The highest BCUT2D eigenvalue weighted by molar-refractivity contribution is 7.10. The number of nitrogens with zero attached hydrogens (tertiary/aromatic N) is 1. The van der Waals surface area contributed by atoms with Crippen molar-refractivity contribution >= 4 is 34.5 Å². The quantitative estimate of drug-likeness (QED) is 0.283. The van der Waals surface area contributed by atoms with Crippen LogP contribution in [-0.4, -0.2) is 23.9 Å². The molecule has 0 radical (unpaired) electrons. The monoisotopic (exact) mass is 483 g/mol. The van der Waals surface area contributed by atoms with Gasteiger partial charge >= 0.3 is 0 Å². The van der Waals surface area contributed by atoms with Crippen LogP contribution >= 0.6 is 11.3 Å². The predicted molar refractivity (Wildman–Crippen MR) is 127 cm³/mol. The Labute approximate surface area is 199 Å². The van der Waals surface area contributed by atoms with Crippen LogP contribution in [-0.2, 0) is 15.0 Å². The number of hydrogen-bond acceptors (Lipinski definition) is 5. The molecule has 1 aliphatic heterocycles. The third-order valence-electron chi connectivity index (χ3n) is 5.71. The number of hydrogen-bond donors (Lipinski definition) is 1. The molecule has 5 nitrogen and oxygen atoms in total. The molecule has 8 heteroatoms. The lowest BCUT2D eigenvalue weighted by molar-refractivity contribution is -0.132. The van der Waals surface area contributed by atoms with Crippen molar-refractivity contribution in [1.82, 2.24) is 0 Å². The van der Waals surface area contributed by atoms with Gasteiger partial charge in [-0.1, -0.05) is 26.8 Å². The molecule has 2 heterocycles. The molecule has 2 aromatic carbocycles. The van der Waals surface area contributed by atoms with Gasteiger partial charge in [-0.3, -0.25) is 14.5 Å². The first-order valence-electron chi connectivity index (χ1n) is 10.5. The maximum absolute atomic E-state index is 14.7. The molecule has 4 rings (SSSR count). The Bertz CT molecular complexity index is 1310. The van der Waals surface area contributed by atoms with Crippen LogP contribution in [0.2, 0.25) is 0 Å². The molecule has 0 aliphatic carbocycles. The number of aliphatic hydroxyl groups is 1. The van der Waals surface area contributed by atoms with Crippen LogP contribution in [0.5, 0.6) is 5.75 Å². The number of thiophene rings is 1. The fraction of sp³-hybridized carbons (Fsp3) is 0.231. The van der Waals surface area contributed by atoms with Crippen molar-refractivity contribution < 1.29 is 28.2 Å². The molecule has 1 aliphatic rings. The second-order valence-corrected chi connectivity index (χ2v) is 9.92. The van der Waals surface area contributed by atoms with Gasteiger partial charge in [-0.25, -0.2) is 8.78 Å². The summed E-state index contributed by atoms with van der Waals surface area (Å²) in [7, 11) is 1.55. The van der Waals surface area contributed by atoms with E-state index in [2.05, 4.69) is 0 Å². The molecule has 1 unspecified atom stereocenters. The van der Waals surface area contributed by atoms with Crippen LogP contribution in [0.4, 0.5) is 14.5 Å². The minimum Gasteiger partial charge on any atom is -0.507 e. The lowest BCUT2D eigenvalue weighted by Gasteiger charge is -2.25. The summed E-state index contributed by atoms with van der Waals surface area (Å²) in [5.74, 6) is -3.51. The van der Waals surface area contributed by atoms with E-state index in [4.69, 9.17) is 4.74 Å². The number of halogens is 2. The number of aliphatic hydroxyl groups excluding tert-OH is 1. The molecular formula is C26H23F2NO4S. The topological polar surface area (TPSA) is 66.8 Å². The van der Waals surface area contributed by atoms with Crippen LogP contribution < -0.4 is 9.64 Å². The summed E-state index contributed by atoms with van der Waals surface area (Å²) in [6, 6.07) is 10.1. The fourth-order valence-electron chi connectivity index (χ4n) is 4.07. The van der Waals surface area contributed by atoms with E-state index < -0.39 is 29.4 Å². The van der Waals surface area contributed by atoms with E-state index in [1.54, 1.807) is 42.8 Å². The second kappa shape index (κ2) is 8.68. The summed E-state index contributed by atoms with van der Waals surface area (Å²) in [6.45, 7) is 5.95. The smallest absolute Gasteiger partial charge is 0.300 e. The van der Waals surface area contributed by atoms with E-state index in [1.807, 2.05) is 20.8 Å². The van der Waals surface area contributed by atoms with Crippen molar-refractivity contribution in [3.63, 3.8) is 0 Å². The number of rotatable bonds is 4. The Morgan fingerprint density at radius 2 is 1.82 bits per heavy atom. The van der Waals surface area contributed by atoms with E-state index >= 15 is 0 Å². The van der Waals surface area contributed by atoms with Gasteiger partial charge in [0.2, 0.25) is 0 Å². The zero-order chi connectivity index (χ0) is 24.8. The molecule has 1 amide bonds. The van der Waals surface area contributed by atoms with E-state index in [-0.39, 0.29) is 22.4 Å². The van der Waals surface area contributed by atoms with Crippen molar-refractivity contribution in [2.45, 2.75) is 32.2 Å². The Morgan fingerprint density at radius 1 is 1.09 bits per heavy atom. The zero-order valence-electron chi connectivity index (χ0n) is 19.1. The van der Waals surface area contributed by atoms with Crippen LogP contribution in [0.25, 0.3) is 5.76 Å². The highest BCUT2D eigenvalue weighted by atomic mass is 32.1. The van der Waals surface area contributed by atoms with Crippen molar-refractivity contribution in [3.8, 4) is 5.75 Å². The molecule has 1 atom stereocenters. The highest BCUT2D eigenvalue weighted by Crippen LogP contribution is 2.45. The van der Waals surface area contributed by atoms with Crippen molar-refractivity contribution in [2.24, 2.45) is 0 Å². The molecule has 176 valence electrons. The van der Waals surface area contributed by atoms with Crippen LogP contribution in [0.15, 0.2) is 59.5 Å². The molecule has 3 aromatic rings. The van der Waals surface area contributed by atoms with Crippen molar-refractivity contribution in [2.75, 3.05) is 12.0 Å². The Morgan fingerprint density at radius 3 is 2.41 bits per heavy atom. The molecule has 0 bridgehead atoms. The minimum atomic E-state index is -1.07. The summed E-state index contributed by atoms with van der Waals surface area (Å²) < 4.78 is 33.7. The number of ketones is 1. The third kappa shape index (κ3) is 3.98. The summed E-state index contributed by atoms with van der Waals surface area (Å²) in [5.41, 5.74) is 0.376. The van der Waals surface area contributed by atoms with Gasteiger partial charge in [0.1, 0.15) is 29.2 Å². The average Bonchev–Trinajstić information content (AvgIpc) is 3.40. The summed E-state index contributed by atoms with van der Waals surface area (Å²) in [5, 5.41) is 13.1. The van der Waals surface area contributed by atoms with Gasteiger partial charge in [0.15, 0.2) is 0 Å². The van der Waals surface area contributed by atoms with E-state index in [9.17, 15) is 23.5 Å². The summed E-state index contributed by atoms with van der Waals surface area (Å²) in [4.78, 5) is 27.8. The highest BCUT2D eigenvalue weighted by Gasteiger charge is 2.48. The van der Waals surface area contributed by atoms with Gasteiger partial charge < -0.3 is 9.84 Å². The molecular weight excluding hydrogens is 460 g/mol. The number of carbonyl (C=O) groups excluding carboxylic acids is 2. The van der Waals surface area contributed by atoms with Gasteiger partial charge in [-0.15, -0.1) is 11.3 Å². The Balaban J connectivity index is 1.94. The standard InChI is InChI=1S/C26H23F2NO4S/c1-26(2,3)16-12-14(7-10-19(16)33-4)23(30)21-22(20-6-5-11-34-20)29(25(32)24(21)31)18-9-8-15(27)13-17(18)28/h5-13,22,30H,1-4H3/b23-21-. The predicted octanol–water partition coefficient (Wildman–Crippen LogP) is 5.96. The van der Waals surface area contributed by atoms with Crippen molar-refractivity contribution in [1.29, 1.82) is 0 Å². The van der Waals surface area contributed by atoms with E-state index in [0.717, 1.165) is 22.6 Å². The molecule has 34 heavy (non-hydrogen) atoms. The Hall–Kier alpha value is -3.52. The first-order chi connectivity index (χ1) is 16.0. The molecule has 1 aromatic heterocycles. The molecule has 0 saturated carbocycles. The SMILES string of the molecule is COc1ccc(/C(O)=C2/C(=O)C(=O)N(c3ccc(F)cc3F)C2c2cccs2)cc1C(C)(C)C. The lowest BCUT2D eigenvalue weighted by Crippen LogP contribution is -2.30. The lowest BCUT2D eigenvalue weighted by atomic mass is 9.84. The first-order valence-corrected chi connectivity index (χ1v) is 11.4. The number of amides is 1. The van der Waals surface area contributed by atoms with Crippen LogP contribution in [0.3, 0.4) is 0 Å². The maximum atomic E-state index is 14.7. The third-order valence-corrected chi connectivity index (χ3v) is 6.63. The summed E-state index contributed by atoms with van der Waals surface area (Å²) >= 11 is 1.25. The number of benzene rings is 2. The van der Waals surface area contributed by atoms with Gasteiger partial charge in [0.05, 0.1) is 18.4 Å². The zero-order valence-corrected chi connectivity index (χ0v) is 19.9. The van der Waals surface area contributed by atoms with Crippen LogP contribution in [0, 0.1) is 11.6 Å².